The molecule has 0 bridgehead atoms. The maximum Gasteiger partial charge on any atom is 0.338 e. The molecule has 1 N–H and O–H groups in total. The number of ketones is 1. The lowest BCUT2D eigenvalue weighted by atomic mass is 10.1. The molecule has 2 aromatic rings. The lowest BCUT2D eigenvalue weighted by Crippen LogP contribution is -2.07. The summed E-state index contributed by atoms with van der Waals surface area (Å²) in [6.45, 7) is 3.05. The Bertz CT molecular complexity index is 718. The second-order valence-electron chi connectivity index (χ2n) is 5.09. The van der Waals surface area contributed by atoms with Crippen molar-refractivity contribution in [3.63, 3.8) is 0 Å². The summed E-state index contributed by atoms with van der Waals surface area (Å²) >= 11 is 0. The number of anilines is 1. The second kappa shape index (κ2) is 7.35. The first-order chi connectivity index (χ1) is 11.0. The van der Waals surface area contributed by atoms with Crippen LogP contribution in [0, 0.1) is 0 Å². The monoisotopic (exact) mass is 311 g/mol. The van der Waals surface area contributed by atoms with Gasteiger partial charge in [-0.15, -0.1) is 0 Å². The SMILES string of the molecule is CC(=O)Nc1ccc(C(=O)OCc2ccc(C(C)=O)cc2)cc1. The number of carbonyl (C=O) groups excluding carboxylic acids is 3. The highest BCUT2D eigenvalue weighted by Gasteiger charge is 2.08. The van der Waals surface area contributed by atoms with E-state index in [2.05, 4.69) is 5.32 Å². The molecule has 0 fully saturated rings. The fourth-order valence-corrected chi connectivity index (χ4v) is 1.96. The van der Waals surface area contributed by atoms with E-state index in [9.17, 15) is 14.4 Å². The number of rotatable bonds is 5. The summed E-state index contributed by atoms with van der Waals surface area (Å²) in [5.74, 6) is -0.628. The highest BCUT2D eigenvalue weighted by atomic mass is 16.5. The fraction of sp³-hybridized carbons (Fsp3) is 0.167. The molecule has 1 amide bonds. The minimum absolute atomic E-state index is 0.00666. The van der Waals surface area contributed by atoms with Crippen LogP contribution in [0.4, 0.5) is 5.69 Å². The first-order valence-corrected chi connectivity index (χ1v) is 7.10. The van der Waals surface area contributed by atoms with E-state index in [0.717, 1.165) is 5.56 Å². The van der Waals surface area contributed by atoms with Crippen molar-refractivity contribution in [3.8, 4) is 0 Å². The fourth-order valence-electron chi connectivity index (χ4n) is 1.96. The molecule has 23 heavy (non-hydrogen) atoms. The Morgan fingerprint density at radius 3 is 1.96 bits per heavy atom. The van der Waals surface area contributed by atoms with E-state index >= 15 is 0 Å². The summed E-state index contributed by atoms with van der Waals surface area (Å²) in [6.07, 6.45) is 0. The zero-order valence-corrected chi connectivity index (χ0v) is 13.0. The third kappa shape index (κ3) is 4.78. The molecule has 0 aliphatic rings. The van der Waals surface area contributed by atoms with Crippen LogP contribution >= 0.6 is 0 Å². The topological polar surface area (TPSA) is 72.5 Å². The van der Waals surface area contributed by atoms with Crippen molar-refractivity contribution in [2.45, 2.75) is 20.5 Å². The first-order valence-electron chi connectivity index (χ1n) is 7.10. The van der Waals surface area contributed by atoms with Gasteiger partial charge in [-0.3, -0.25) is 9.59 Å². The van der Waals surface area contributed by atoms with E-state index in [0.29, 0.717) is 16.8 Å². The molecule has 2 rings (SSSR count). The normalized spacial score (nSPS) is 10.0. The molecule has 0 aromatic heterocycles. The van der Waals surface area contributed by atoms with Crippen LogP contribution < -0.4 is 5.32 Å². The zero-order chi connectivity index (χ0) is 16.8. The highest BCUT2D eigenvalue weighted by molar-refractivity contribution is 5.94. The van der Waals surface area contributed by atoms with Crippen LogP contribution in [0.3, 0.4) is 0 Å². The Morgan fingerprint density at radius 2 is 1.43 bits per heavy atom. The van der Waals surface area contributed by atoms with E-state index in [1.54, 1.807) is 48.5 Å². The molecule has 0 atom stereocenters. The molecular weight excluding hydrogens is 294 g/mol. The Labute approximate surface area is 134 Å². The Hall–Kier alpha value is -2.95. The van der Waals surface area contributed by atoms with Gasteiger partial charge in [0.15, 0.2) is 5.78 Å². The molecular formula is C18H17NO4. The number of carbonyl (C=O) groups is 3. The average molecular weight is 311 g/mol. The summed E-state index contributed by atoms with van der Waals surface area (Å²) in [5, 5.41) is 2.62. The van der Waals surface area contributed by atoms with Gasteiger partial charge < -0.3 is 10.1 Å². The van der Waals surface area contributed by atoms with Crippen molar-refractivity contribution in [2.24, 2.45) is 0 Å². The predicted octanol–water partition coefficient (Wildman–Crippen LogP) is 3.20. The largest absolute Gasteiger partial charge is 0.457 e. The molecule has 0 radical (unpaired) electrons. The number of Topliss-reactive ketones (excluding diaryl/α,β-unsaturated/α-hetero) is 1. The smallest absolute Gasteiger partial charge is 0.338 e. The van der Waals surface area contributed by atoms with Gasteiger partial charge in [0.05, 0.1) is 5.56 Å². The van der Waals surface area contributed by atoms with Crippen molar-refractivity contribution in [1.29, 1.82) is 0 Å². The summed E-state index contributed by atoms with van der Waals surface area (Å²) in [4.78, 5) is 34.1. The van der Waals surface area contributed by atoms with Crippen LogP contribution in [0.1, 0.15) is 40.1 Å². The predicted molar refractivity (Wildman–Crippen MR) is 86.3 cm³/mol. The lowest BCUT2D eigenvalue weighted by Gasteiger charge is -2.07. The van der Waals surface area contributed by atoms with Gasteiger partial charge >= 0.3 is 5.97 Å². The molecule has 0 aliphatic carbocycles. The van der Waals surface area contributed by atoms with Crippen LogP contribution in [0.2, 0.25) is 0 Å². The van der Waals surface area contributed by atoms with Crippen molar-refractivity contribution in [1.82, 2.24) is 0 Å². The number of benzene rings is 2. The minimum atomic E-state index is -0.449. The summed E-state index contributed by atoms with van der Waals surface area (Å²) in [7, 11) is 0. The number of hydrogen-bond acceptors (Lipinski definition) is 4. The summed E-state index contributed by atoms with van der Waals surface area (Å²) in [6, 6.07) is 13.4. The van der Waals surface area contributed by atoms with E-state index in [-0.39, 0.29) is 18.3 Å². The van der Waals surface area contributed by atoms with Crippen LogP contribution in [0.15, 0.2) is 48.5 Å². The van der Waals surface area contributed by atoms with Gasteiger partial charge in [-0.1, -0.05) is 24.3 Å². The molecule has 5 heteroatoms. The van der Waals surface area contributed by atoms with E-state index in [1.165, 1.54) is 13.8 Å². The standard InChI is InChI=1S/C18H17NO4/c1-12(20)15-5-3-14(4-6-15)11-23-18(22)16-7-9-17(10-8-16)19-13(2)21/h3-10H,11H2,1-2H3,(H,19,21). The molecule has 0 saturated heterocycles. The van der Waals surface area contributed by atoms with Crippen molar-refractivity contribution in [3.05, 3.63) is 65.2 Å². The van der Waals surface area contributed by atoms with Crippen molar-refractivity contribution < 1.29 is 19.1 Å². The molecule has 0 heterocycles. The highest BCUT2D eigenvalue weighted by Crippen LogP contribution is 2.12. The van der Waals surface area contributed by atoms with Gasteiger partial charge in [0.1, 0.15) is 6.61 Å². The maximum atomic E-state index is 12.0. The van der Waals surface area contributed by atoms with Gasteiger partial charge in [0, 0.05) is 18.2 Å². The molecule has 0 aliphatic heterocycles. The van der Waals surface area contributed by atoms with Gasteiger partial charge in [-0.05, 0) is 36.8 Å². The molecule has 0 spiro atoms. The Morgan fingerprint density at radius 1 is 0.870 bits per heavy atom. The Balaban J connectivity index is 1.93. The van der Waals surface area contributed by atoms with E-state index in [4.69, 9.17) is 4.74 Å². The number of nitrogens with one attached hydrogen (secondary N) is 1. The first kappa shape index (κ1) is 16.4. The Kier molecular flexibility index (Phi) is 5.25. The molecule has 5 nitrogen and oxygen atoms in total. The zero-order valence-electron chi connectivity index (χ0n) is 13.0. The maximum absolute atomic E-state index is 12.0. The molecule has 0 saturated carbocycles. The van der Waals surface area contributed by atoms with Gasteiger partial charge in [0.2, 0.25) is 5.91 Å². The number of ether oxygens (including phenoxy) is 1. The lowest BCUT2D eigenvalue weighted by molar-refractivity contribution is -0.114. The summed E-state index contributed by atoms with van der Waals surface area (Å²) in [5.41, 5.74) is 2.44. The molecule has 2 aromatic carbocycles. The number of hydrogen-bond donors (Lipinski definition) is 1. The third-order valence-electron chi connectivity index (χ3n) is 3.17. The van der Waals surface area contributed by atoms with Crippen LogP contribution in [-0.2, 0) is 16.1 Å². The van der Waals surface area contributed by atoms with Gasteiger partial charge in [0.25, 0.3) is 0 Å². The molecule has 118 valence electrons. The van der Waals surface area contributed by atoms with Crippen LogP contribution in [-0.4, -0.2) is 17.7 Å². The third-order valence-corrected chi connectivity index (χ3v) is 3.17. The van der Waals surface area contributed by atoms with Gasteiger partial charge in [-0.2, -0.15) is 0 Å². The quantitative estimate of drug-likeness (QED) is 0.680. The second-order valence-corrected chi connectivity index (χ2v) is 5.09. The minimum Gasteiger partial charge on any atom is -0.457 e. The van der Waals surface area contributed by atoms with Gasteiger partial charge in [-0.25, -0.2) is 4.79 Å². The number of esters is 1. The van der Waals surface area contributed by atoms with Crippen LogP contribution in [0.25, 0.3) is 0 Å². The van der Waals surface area contributed by atoms with Crippen molar-refractivity contribution in [2.75, 3.05) is 5.32 Å². The van der Waals surface area contributed by atoms with E-state index in [1.807, 2.05) is 0 Å². The average Bonchev–Trinajstić information content (AvgIpc) is 2.53. The van der Waals surface area contributed by atoms with Crippen molar-refractivity contribution >= 4 is 23.3 Å². The van der Waals surface area contributed by atoms with Crippen LogP contribution in [0.5, 0.6) is 0 Å². The molecule has 0 unspecified atom stereocenters. The summed E-state index contributed by atoms with van der Waals surface area (Å²) < 4.78 is 5.22. The van der Waals surface area contributed by atoms with E-state index < -0.39 is 5.97 Å². The number of amides is 1.